The summed E-state index contributed by atoms with van der Waals surface area (Å²) in [6.07, 6.45) is 1.48. The third-order valence-corrected chi connectivity index (χ3v) is 3.21. The molecule has 0 atom stereocenters. The summed E-state index contributed by atoms with van der Waals surface area (Å²) in [4.78, 5) is 12.4. The molecule has 0 saturated heterocycles. The summed E-state index contributed by atoms with van der Waals surface area (Å²) >= 11 is 2.59. The van der Waals surface area contributed by atoms with Crippen LogP contribution < -0.4 is 5.73 Å². The number of rotatable bonds is 3. The van der Waals surface area contributed by atoms with Gasteiger partial charge in [0, 0.05) is 5.69 Å². The molecule has 3 N–H and O–H groups in total. The van der Waals surface area contributed by atoms with Crippen LogP contribution in [0.4, 0.5) is 0 Å². The van der Waals surface area contributed by atoms with E-state index in [1.807, 2.05) is 6.92 Å². The van der Waals surface area contributed by atoms with Crippen LogP contribution in [0.2, 0.25) is 0 Å². The molecule has 0 radical (unpaired) electrons. The number of nitrogen functional groups attached to an aromatic ring is 1. The molecule has 16 heavy (non-hydrogen) atoms. The van der Waals surface area contributed by atoms with E-state index in [1.54, 1.807) is 6.07 Å². The van der Waals surface area contributed by atoms with Gasteiger partial charge in [-0.05, 0) is 36.3 Å². The molecule has 0 aliphatic heterocycles. The third-order valence-electron chi connectivity index (χ3n) is 1.63. The average Bonchev–Trinajstić information content (AvgIpc) is 2.69. The number of nitrogens with one attached hydrogen (secondary N) is 1. The zero-order valence-corrected chi connectivity index (χ0v) is 9.97. The number of nitrogens with two attached hydrogens (primary N) is 1. The number of amidine groups is 1. The summed E-state index contributed by atoms with van der Waals surface area (Å²) in [5.74, 6) is -0.0652. The number of aryl methyl sites for hydroxylation is 1. The standard InChI is InChI=1S/C8H8N6S2/c1-4-2-5(6(9)10)14-7(13-4)15-8-11-3-12-16-8/h2-3H,1H3,(H3,9,10). The fourth-order valence-corrected chi connectivity index (χ4v) is 2.38. The van der Waals surface area contributed by atoms with Crippen LogP contribution in [0.5, 0.6) is 0 Å². The van der Waals surface area contributed by atoms with Gasteiger partial charge >= 0.3 is 0 Å². The fourth-order valence-electron chi connectivity index (χ4n) is 1.01. The Morgan fingerprint density at radius 2 is 2.31 bits per heavy atom. The van der Waals surface area contributed by atoms with Crippen LogP contribution in [-0.2, 0) is 0 Å². The van der Waals surface area contributed by atoms with Crippen molar-refractivity contribution in [2.75, 3.05) is 0 Å². The van der Waals surface area contributed by atoms with Crippen molar-refractivity contribution in [2.45, 2.75) is 16.4 Å². The van der Waals surface area contributed by atoms with Crippen molar-refractivity contribution in [3.63, 3.8) is 0 Å². The lowest BCUT2D eigenvalue weighted by Gasteiger charge is -2.02. The van der Waals surface area contributed by atoms with E-state index in [4.69, 9.17) is 11.1 Å². The van der Waals surface area contributed by atoms with Crippen LogP contribution in [0.1, 0.15) is 11.4 Å². The number of aromatic nitrogens is 4. The molecule has 0 unspecified atom stereocenters. The molecule has 0 aromatic carbocycles. The van der Waals surface area contributed by atoms with Gasteiger partial charge in [0.2, 0.25) is 0 Å². The second-order valence-corrected chi connectivity index (χ2v) is 4.89. The highest BCUT2D eigenvalue weighted by molar-refractivity contribution is 8.00. The van der Waals surface area contributed by atoms with Gasteiger partial charge in [0.1, 0.15) is 17.9 Å². The SMILES string of the molecule is Cc1cc(C(=N)N)nc(Sc2ncns2)n1. The predicted octanol–water partition coefficient (Wildman–Crippen LogP) is 1.07. The highest BCUT2D eigenvalue weighted by Gasteiger charge is 2.08. The Hall–Kier alpha value is -1.54. The van der Waals surface area contributed by atoms with Crippen LogP contribution in [-0.4, -0.2) is 25.2 Å². The fraction of sp³-hybridized carbons (Fsp3) is 0.125. The van der Waals surface area contributed by atoms with Crippen molar-refractivity contribution in [3.8, 4) is 0 Å². The van der Waals surface area contributed by atoms with Crippen molar-refractivity contribution in [3.05, 3.63) is 23.8 Å². The second kappa shape index (κ2) is 4.54. The number of hydrogen-bond donors (Lipinski definition) is 2. The maximum absolute atomic E-state index is 7.33. The predicted molar refractivity (Wildman–Crippen MR) is 61.8 cm³/mol. The monoisotopic (exact) mass is 252 g/mol. The van der Waals surface area contributed by atoms with Crippen LogP contribution >= 0.6 is 23.3 Å². The first-order valence-corrected chi connectivity index (χ1v) is 5.89. The van der Waals surface area contributed by atoms with Gasteiger partial charge in [-0.3, -0.25) is 5.41 Å². The van der Waals surface area contributed by atoms with Crippen molar-refractivity contribution in [1.29, 1.82) is 5.41 Å². The molecule has 2 heterocycles. The zero-order valence-electron chi connectivity index (χ0n) is 8.34. The minimum absolute atomic E-state index is 0.0652. The molecular formula is C8H8N6S2. The van der Waals surface area contributed by atoms with Crippen LogP contribution in [0.25, 0.3) is 0 Å². The van der Waals surface area contributed by atoms with E-state index in [1.165, 1.54) is 29.6 Å². The Morgan fingerprint density at radius 3 is 2.94 bits per heavy atom. The van der Waals surface area contributed by atoms with Gasteiger partial charge in [0.25, 0.3) is 0 Å². The van der Waals surface area contributed by atoms with E-state index in [0.29, 0.717) is 10.9 Å². The van der Waals surface area contributed by atoms with Crippen molar-refractivity contribution in [2.24, 2.45) is 5.73 Å². The average molecular weight is 252 g/mol. The van der Waals surface area contributed by atoms with Gasteiger partial charge in [-0.2, -0.15) is 4.37 Å². The lowest BCUT2D eigenvalue weighted by atomic mass is 10.3. The smallest absolute Gasteiger partial charge is 0.195 e. The van der Waals surface area contributed by atoms with E-state index in [2.05, 4.69) is 19.3 Å². The normalized spacial score (nSPS) is 10.3. The minimum Gasteiger partial charge on any atom is -0.382 e. The summed E-state index contributed by atoms with van der Waals surface area (Å²) in [6, 6.07) is 1.67. The Kier molecular flexibility index (Phi) is 3.11. The van der Waals surface area contributed by atoms with Gasteiger partial charge < -0.3 is 5.73 Å². The molecular weight excluding hydrogens is 244 g/mol. The summed E-state index contributed by atoms with van der Waals surface area (Å²) in [5, 5.41) is 7.86. The Labute approximate surface area is 100 Å². The molecule has 0 fully saturated rings. The van der Waals surface area contributed by atoms with E-state index in [-0.39, 0.29) is 5.84 Å². The lowest BCUT2D eigenvalue weighted by molar-refractivity contribution is 0.920. The molecule has 0 bridgehead atoms. The highest BCUT2D eigenvalue weighted by atomic mass is 32.2. The topological polar surface area (TPSA) is 101 Å². The maximum Gasteiger partial charge on any atom is 0.195 e. The quantitative estimate of drug-likeness (QED) is 0.481. The van der Waals surface area contributed by atoms with Crippen LogP contribution in [0, 0.1) is 12.3 Å². The molecule has 2 aromatic heterocycles. The lowest BCUT2D eigenvalue weighted by Crippen LogP contribution is -2.14. The third kappa shape index (κ3) is 2.52. The van der Waals surface area contributed by atoms with E-state index in [0.717, 1.165) is 10.0 Å². The first-order valence-electron chi connectivity index (χ1n) is 4.30. The van der Waals surface area contributed by atoms with Gasteiger partial charge in [0.05, 0.1) is 0 Å². The first-order chi connectivity index (χ1) is 7.65. The van der Waals surface area contributed by atoms with Crippen molar-refractivity contribution in [1.82, 2.24) is 19.3 Å². The van der Waals surface area contributed by atoms with E-state index < -0.39 is 0 Å². The highest BCUT2D eigenvalue weighted by Crippen LogP contribution is 2.25. The summed E-state index contributed by atoms with van der Waals surface area (Å²) in [5.41, 5.74) is 6.58. The Bertz CT molecular complexity index is 509. The summed E-state index contributed by atoms with van der Waals surface area (Å²) < 4.78 is 4.65. The van der Waals surface area contributed by atoms with Gasteiger partial charge in [-0.15, -0.1) is 0 Å². The second-order valence-electron chi connectivity index (χ2n) is 2.90. The number of nitrogens with zero attached hydrogens (tertiary/aromatic N) is 4. The van der Waals surface area contributed by atoms with E-state index >= 15 is 0 Å². The summed E-state index contributed by atoms with van der Waals surface area (Å²) in [7, 11) is 0. The molecule has 0 spiro atoms. The molecule has 2 aromatic rings. The van der Waals surface area contributed by atoms with Crippen molar-refractivity contribution >= 4 is 29.1 Å². The summed E-state index contributed by atoms with van der Waals surface area (Å²) in [6.45, 7) is 1.83. The van der Waals surface area contributed by atoms with Crippen molar-refractivity contribution < 1.29 is 0 Å². The molecule has 0 aliphatic carbocycles. The molecule has 0 amide bonds. The molecule has 0 saturated carbocycles. The largest absolute Gasteiger partial charge is 0.382 e. The number of hydrogen-bond acceptors (Lipinski definition) is 7. The minimum atomic E-state index is -0.0652. The molecule has 2 rings (SSSR count). The van der Waals surface area contributed by atoms with Gasteiger partial charge in [0.15, 0.2) is 9.50 Å². The molecule has 82 valence electrons. The maximum atomic E-state index is 7.33. The van der Waals surface area contributed by atoms with Gasteiger partial charge in [-0.25, -0.2) is 15.0 Å². The molecule has 6 nitrogen and oxygen atoms in total. The van der Waals surface area contributed by atoms with Crippen LogP contribution in [0.3, 0.4) is 0 Å². The van der Waals surface area contributed by atoms with Gasteiger partial charge in [-0.1, -0.05) is 0 Å². The first kappa shape index (κ1) is 11.0. The molecule has 8 heteroatoms. The Balaban J connectivity index is 2.31. The molecule has 0 aliphatic rings. The Morgan fingerprint density at radius 1 is 1.50 bits per heavy atom. The van der Waals surface area contributed by atoms with E-state index in [9.17, 15) is 0 Å². The van der Waals surface area contributed by atoms with Crippen LogP contribution in [0.15, 0.2) is 21.9 Å². The zero-order chi connectivity index (χ0) is 11.5.